The molecule has 1 atom stereocenters. The SMILES string of the molecule is O=C(c1ccco1)N1CCN(C[C@@H](O)COCc2ccc(Cl)cc2)CC1. The molecular formula is C19H23ClN2O4. The van der Waals surface area contributed by atoms with Gasteiger partial charge in [-0.2, -0.15) is 0 Å². The number of carbonyl (C=O) groups is 1. The number of β-amino-alcohol motifs (C(OH)–C–C–N with tert-alkyl or cyclic N) is 1. The van der Waals surface area contributed by atoms with Crippen LogP contribution in [-0.2, 0) is 11.3 Å². The normalized spacial score (nSPS) is 16.6. The van der Waals surface area contributed by atoms with Crippen molar-refractivity contribution < 1.29 is 19.1 Å². The number of amides is 1. The minimum Gasteiger partial charge on any atom is -0.459 e. The van der Waals surface area contributed by atoms with Crippen LogP contribution >= 0.6 is 11.6 Å². The number of benzene rings is 1. The predicted octanol–water partition coefficient (Wildman–Crippen LogP) is 2.27. The Bertz CT molecular complexity index is 682. The van der Waals surface area contributed by atoms with Gasteiger partial charge in [-0.1, -0.05) is 23.7 Å². The van der Waals surface area contributed by atoms with Gasteiger partial charge in [0.2, 0.25) is 0 Å². The molecule has 1 amide bonds. The van der Waals surface area contributed by atoms with Gasteiger partial charge in [-0.05, 0) is 29.8 Å². The second kappa shape index (κ2) is 9.19. The van der Waals surface area contributed by atoms with Crippen molar-refractivity contribution in [1.29, 1.82) is 0 Å². The summed E-state index contributed by atoms with van der Waals surface area (Å²) in [6.45, 7) is 3.94. The minimum absolute atomic E-state index is 0.0819. The maximum atomic E-state index is 12.2. The Hall–Kier alpha value is -1.86. The van der Waals surface area contributed by atoms with Gasteiger partial charge in [0.15, 0.2) is 5.76 Å². The molecule has 1 N–H and O–H groups in total. The van der Waals surface area contributed by atoms with Crippen LogP contribution < -0.4 is 0 Å². The highest BCUT2D eigenvalue weighted by Gasteiger charge is 2.24. The third-order valence-corrected chi connectivity index (χ3v) is 4.60. The van der Waals surface area contributed by atoms with Crippen molar-refractivity contribution in [1.82, 2.24) is 9.80 Å². The smallest absolute Gasteiger partial charge is 0.289 e. The summed E-state index contributed by atoms with van der Waals surface area (Å²) in [6.07, 6.45) is 0.943. The number of aliphatic hydroxyl groups is 1. The van der Waals surface area contributed by atoms with Crippen LogP contribution in [0.3, 0.4) is 0 Å². The number of carbonyl (C=O) groups excluding carboxylic acids is 1. The van der Waals surface area contributed by atoms with E-state index in [1.807, 2.05) is 24.3 Å². The third-order valence-electron chi connectivity index (χ3n) is 4.35. The molecule has 1 aliphatic rings. The molecule has 3 rings (SSSR count). The standard InChI is InChI=1S/C19H23ClN2O4/c20-16-5-3-15(4-6-16)13-25-14-17(23)12-21-7-9-22(10-8-21)19(24)18-2-1-11-26-18/h1-6,11,17,23H,7-10,12-14H2/t17-/m1/s1. The number of hydrogen-bond donors (Lipinski definition) is 1. The number of aliphatic hydroxyl groups excluding tert-OH is 1. The molecule has 0 unspecified atom stereocenters. The van der Waals surface area contributed by atoms with Crippen LogP contribution in [0.5, 0.6) is 0 Å². The maximum absolute atomic E-state index is 12.2. The van der Waals surface area contributed by atoms with Crippen LogP contribution in [-0.4, -0.2) is 66.2 Å². The highest BCUT2D eigenvalue weighted by molar-refractivity contribution is 6.30. The van der Waals surface area contributed by atoms with E-state index in [1.165, 1.54) is 6.26 Å². The maximum Gasteiger partial charge on any atom is 0.289 e. The number of halogens is 1. The molecular weight excluding hydrogens is 356 g/mol. The van der Waals surface area contributed by atoms with Gasteiger partial charge in [-0.15, -0.1) is 0 Å². The second-order valence-corrected chi connectivity index (χ2v) is 6.80. The Morgan fingerprint density at radius 3 is 2.58 bits per heavy atom. The first kappa shape index (κ1) is 18.9. The summed E-state index contributed by atoms with van der Waals surface area (Å²) < 4.78 is 10.7. The molecule has 1 aromatic carbocycles. The number of nitrogens with zero attached hydrogens (tertiary/aromatic N) is 2. The van der Waals surface area contributed by atoms with Gasteiger partial charge in [0.05, 0.1) is 25.6 Å². The van der Waals surface area contributed by atoms with E-state index in [-0.39, 0.29) is 12.5 Å². The largest absolute Gasteiger partial charge is 0.459 e. The Balaban J connectivity index is 1.34. The number of rotatable bonds is 7. The predicted molar refractivity (Wildman–Crippen MR) is 98.2 cm³/mol. The van der Waals surface area contributed by atoms with Crippen LogP contribution in [0.2, 0.25) is 5.02 Å². The molecule has 0 aliphatic carbocycles. The van der Waals surface area contributed by atoms with E-state index in [0.29, 0.717) is 37.0 Å². The first-order valence-electron chi connectivity index (χ1n) is 8.67. The lowest BCUT2D eigenvalue weighted by molar-refractivity contribution is 0.00181. The van der Waals surface area contributed by atoms with Crippen molar-refractivity contribution in [2.75, 3.05) is 39.3 Å². The van der Waals surface area contributed by atoms with Gasteiger partial charge in [0.25, 0.3) is 5.91 Å². The topological polar surface area (TPSA) is 66.2 Å². The monoisotopic (exact) mass is 378 g/mol. The lowest BCUT2D eigenvalue weighted by Crippen LogP contribution is -2.50. The summed E-state index contributed by atoms with van der Waals surface area (Å²) >= 11 is 5.85. The quantitative estimate of drug-likeness (QED) is 0.800. The number of piperazine rings is 1. The van der Waals surface area contributed by atoms with E-state index in [4.69, 9.17) is 20.8 Å². The molecule has 7 heteroatoms. The summed E-state index contributed by atoms with van der Waals surface area (Å²) in [5.74, 6) is 0.288. The zero-order valence-electron chi connectivity index (χ0n) is 14.5. The van der Waals surface area contributed by atoms with E-state index in [9.17, 15) is 9.90 Å². The van der Waals surface area contributed by atoms with Gasteiger partial charge in [0, 0.05) is 37.7 Å². The zero-order chi connectivity index (χ0) is 18.4. The van der Waals surface area contributed by atoms with Crippen LogP contribution in [0.1, 0.15) is 16.1 Å². The summed E-state index contributed by atoms with van der Waals surface area (Å²) in [5.41, 5.74) is 1.02. The number of ether oxygens (including phenoxy) is 1. The number of hydrogen-bond acceptors (Lipinski definition) is 5. The van der Waals surface area contributed by atoms with Crippen LogP contribution in [0.4, 0.5) is 0 Å². The highest BCUT2D eigenvalue weighted by atomic mass is 35.5. The molecule has 1 saturated heterocycles. The fourth-order valence-electron chi connectivity index (χ4n) is 2.93. The van der Waals surface area contributed by atoms with Gasteiger partial charge in [-0.3, -0.25) is 9.69 Å². The van der Waals surface area contributed by atoms with Crippen molar-refractivity contribution in [2.45, 2.75) is 12.7 Å². The van der Waals surface area contributed by atoms with Crippen molar-refractivity contribution >= 4 is 17.5 Å². The van der Waals surface area contributed by atoms with Gasteiger partial charge in [-0.25, -0.2) is 0 Å². The average Bonchev–Trinajstić information content (AvgIpc) is 3.18. The molecule has 0 bridgehead atoms. The van der Waals surface area contributed by atoms with E-state index in [1.54, 1.807) is 17.0 Å². The molecule has 26 heavy (non-hydrogen) atoms. The van der Waals surface area contributed by atoms with Crippen LogP contribution in [0.25, 0.3) is 0 Å². The summed E-state index contributed by atoms with van der Waals surface area (Å²) in [5, 5.41) is 10.9. The molecule has 2 aromatic rings. The fourth-order valence-corrected chi connectivity index (χ4v) is 3.06. The minimum atomic E-state index is -0.561. The molecule has 1 fully saturated rings. The van der Waals surface area contributed by atoms with Gasteiger partial charge < -0.3 is 19.2 Å². The van der Waals surface area contributed by atoms with Crippen molar-refractivity contribution in [3.63, 3.8) is 0 Å². The summed E-state index contributed by atoms with van der Waals surface area (Å²) in [6, 6.07) is 10.8. The molecule has 140 valence electrons. The first-order chi connectivity index (χ1) is 12.6. The second-order valence-electron chi connectivity index (χ2n) is 6.37. The Labute approximate surface area is 157 Å². The summed E-state index contributed by atoms with van der Waals surface area (Å²) in [4.78, 5) is 16.1. The van der Waals surface area contributed by atoms with Crippen molar-refractivity contribution in [3.05, 3.63) is 59.0 Å². The molecule has 2 heterocycles. The lowest BCUT2D eigenvalue weighted by atomic mass is 10.2. The molecule has 0 saturated carbocycles. The molecule has 0 spiro atoms. The fraction of sp³-hybridized carbons (Fsp3) is 0.421. The van der Waals surface area contributed by atoms with Gasteiger partial charge >= 0.3 is 0 Å². The molecule has 1 aliphatic heterocycles. The molecule has 6 nitrogen and oxygen atoms in total. The molecule has 1 aromatic heterocycles. The lowest BCUT2D eigenvalue weighted by Gasteiger charge is -2.35. The van der Waals surface area contributed by atoms with Crippen molar-refractivity contribution in [3.8, 4) is 0 Å². The van der Waals surface area contributed by atoms with E-state index in [2.05, 4.69) is 4.90 Å². The Morgan fingerprint density at radius 1 is 1.19 bits per heavy atom. The van der Waals surface area contributed by atoms with Crippen LogP contribution in [0, 0.1) is 0 Å². The van der Waals surface area contributed by atoms with E-state index < -0.39 is 6.10 Å². The number of furan rings is 1. The Kier molecular flexibility index (Phi) is 6.68. The highest BCUT2D eigenvalue weighted by Crippen LogP contribution is 2.11. The van der Waals surface area contributed by atoms with E-state index in [0.717, 1.165) is 18.7 Å². The Morgan fingerprint density at radius 2 is 1.92 bits per heavy atom. The summed E-state index contributed by atoms with van der Waals surface area (Å²) in [7, 11) is 0. The zero-order valence-corrected chi connectivity index (χ0v) is 15.3. The first-order valence-corrected chi connectivity index (χ1v) is 9.05. The molecule has 0 radical (unpaired) electrons. The third kappa shape index (κ3) is 5.32. The van der Waals surface area contributed by atoms with Crippen molar-refractivity contribution in [2.24, 2.45) is 0 Å². The van der Waals surface area contributed by atoms with E-state index >= 15 is 0 Å². The van der Waals surface area contributed by atoms with Gasteiger partial charge in [0.1, 0.15) is 0 Å². The average molecular weight is 379 g/mol. The van der Waals surface area contributed by atoms with Crippen LogP contribution in [0.15, 0.2) is 47.1 Å².